The van der Waals surface area contributed by atoms with Gasteiger partial charge in [0, 0.05) is 0 Å². The number of hydrogen-bond donors (Lipinski definition) is 1. The molecule has 0 amide bonds. The maximum atomic E-state index is 5.79. The molecular weight excluding hydrogens is 214 g/mol. The van der Waals surface area contributed by atoms with E-state index in [1.165, 1.54) is 11.5 Å². The molecule has 1 unspecified atom stereocenters. The lowest BCUT2D eigenvalue weighted by Crippen LogP contribution is -2.10. The Bertz CT molecular complexity index is 451. The molecule has 1 atom stereocenters. The monoisotopic (exact) mass is 225 g/mol. The summed E-state index contributed by atoms with van der Waals surface area (Å²) in [5.74, 6) is 0.974. The molecule has 0 aromatic carbocycles. The van der Waals surface area contributed by atoms with Crippen molar-refractivity contribution >= 4 is 11.5 Å². The maximum absolute atomic E-state index is 5.79. The number of rotatable bonds is 3. The largest absolute Gasteiger partial charge is 0.333 e. The van der Waals surface area contributed by atoms with Crippen LogP contribution in [0.25, 0.3) is 10.8 Å². The van der Waals surface area contributed by atoms with Crippen LogP contribution in [0, 0.1) is 6.92 Å². The van der Waals surface area contributed by atoms with E-state index < -0.39 is 0 Å². The van der Waals surface area contributed by atoms with Crippen LogP contribution in [-0.4, -0.2) is 19.7 Å². The minimum absolute atomic E-state index is 0.177. The highest BCUT2D eigenvalue weighted by Gasteiger charge is 2.17. The maximum Gasteiger partial charge on any atom is 0.271 e. The van der Waals surface area contributed by atoms with Crippen LogP contribution in [0.3, 0.4) is 0 Å². The molecule has 2 N–H and O–H groups in total. The van der Waals surface area contributed by atoms with Gasteiger partial charge in [-0.15, -0.1) is 5.10 Å². The van der Waals surface area contributed by atoms with Gasteiger partial charge in [0.25, 0.3) is 5.89 Å². The van der Waals surface area contributed by atoms with E-state index in [9.17, 15) is 0 Å². The van der Waals surface area contributed by atoms with Crippen molar-refractivity contribution in [3.63, 3.8) is 0 Å². The van der Waals surface area contributed by atoms with Crippen LogP contribution in [-0.2, 0) is 0 Å². The summed E-state index contributed by atoms with van der Waals surface area (Å²) in [5.41, 5.74) is 6.58. The molecule has 0 bridgehead atoms. The Morgan fingerprint density at radius 2 is 2.33 bits per heavy atom. The number of nitrogens with zero attached hydrogens (tertiary/aromatic N) is 4. The summed E-state index contributed by atoms with van der Waals surface area (Å²) in [5, 5.41) is 7.70. The molecule has 2 rings (SSSR count). The minimum atomic E-state index is -0.177. The Morgan fingerprint density at radius 3 is 2.93 bits per heavy atom. The van der Waals surface area contributed by atoms with Crippen LogP contribution < -0.4 is 5.73 Å². The highest BCUT2D eigenvalue weighted by Crippen LogP contribution is 2.24. The van der Waals surface area contributed by atoms with Crippen molar-refractivity contribution < 1.29 is 4.52 Å². The molecule has 0 aliphatic carbocycles. The summed E-state index contributed by atoms with van der Waals surface area (Å²) in [6.45, 7) is 3.82. The zero-order chi connectivity index (χ0) is 10.8. The molecule has 6 nitrogen and oxygen atoms in total. The third-order valence-electron chi connectivity index (χ3n) is 2.06. The molecule has 2 aromatic rings. The molecule has 0 aliphatic rings. The second-order valence-electron chi connectivity index (χ2n) is 3.16. The lowest BCUT2D eigenvalue weighted by atomic mass is 10.2. The van der Waals surface area contributed by atoms with Gasteiger partial charge in [-0.2, -0.15) is 4.98 Å². The summed E-state index contributed by atoms with van der Waals surface area (Å²) in [7, 11) is 0. The summed E-state index contributed by atoms with van der Waals surface area (Å²) in [4.78, 5) is 5.01. The first-order chi connectivity index (χ1) is 7.22. The molecule has 2 aromatic heterocycles. The van der Waals surface area contributed by atoms with E-state index in [2.05, 4.69) is 19.7 Å². The second kappa shape index (κ2) is 4.03. The van der Waals surface area contributed by atoms with Crippen molar-refractivity contribution in [2.75, 3.05) is 0 Å². The van der Waals surface area contributed by atoms with Gasteiger partial charge in [-0.25, -0.2) is 0 Å². The van der Waals surface area contributed by atoms with Crippen molar-refractivity contribution in [3.05, 3.63) is 11.5 Å². The summed E-state index contributed by atoms with van der Waals surface area (Å²) in [6.07, 6.45) is 0.777. The van der Waals surface area contributed by atoms with Crippen LogP contribution in [0.15, 0.2) is 4.52 Å². The van der Waals surface area contributed by atoms with E-state index in [-0.39, 0.29) is 6.04 Å². The Kier molecular flexibility index (Phi) is 2.74. The van der Waals surface area contributed by atoms with Crippen LogP contribution in [0.4, 0.5) is 0 Å². The van der Waals surface area contributed by atoms with E-state index in [1.54, 1.807) is 0 Å². The molecule has 0 radical (unpaired) electrons. The molecule has 80 valence electrons. The van der Waals surface area contributed by atoms with Gasteiger partial charge in [-0.3, -0.25) is 0 Å². The van der Waals surface area contributed by atoms with Gasteiger partial charge in [0.2, 0.25) is 0 Å². The van der Waals surface area contributed by atoms with Crippen molar-refractivity contribution in [3.8, 4) is 10.8 Å². The zero-order valence-corrected chi connectivity index (χ0v) is 9.28. The highest BCUT2D eigenvalue weighted by atomic mass is 32.1. The first-order valence-corrected chi connectivity index (χ1v) is 5.38. The van der Waals surface area contributed by atoms with Crippen LogP contribution in [0.1, 0.15) is 30.9 Å². The number of aromatic nitrogens is 4. The third kappa shape index (κ3) is 1.88. The van der Waals surface area contributed by atoms with Gasteiger partial charge < -0.3 is 10.3 Å². The number of nitrogens with two attached hydrogens (primary N) is 1. The second-order valence-corrected chi connectivity index (χ2v) is 3.91. The Labute approximate surface area is 90.7 Å². The Morgan fingerprint density at radius 1 is 1.53 bits per heavy atom. The van der Waals surface area contributed by atoms with E-state index in [4.69, 9.17) is 10.3 Å². The number of hydrogen-bond acceptors (Lipinski definition) is 7. The minimum Gasteiger partial charge on any atom is -0.333 e. The normalized spacial score (nSPS) is 13.0. The average molecular weight is 225 g/mol. The molecule has 0 aliphatic heterocycles. The Balaban J connectivity index is 2.32. The fourth-order valence-electron chi connectivity index (χ4n) is 1.09. The van der Waals surface area contributed by atoms with E-state index in [1.807, 2.05) is 13.8 Å². The quantitative estimate of drug-likeness (QED) is 0.846. The summed E-state index contributed by atoms with van der Waals surface area (Å²) >= 11 is 1.24. The van der Waals surface area contributed by atoms with E-state index >= 15 is 0 Å². The fourth-order valence-corrected chi connectivity index (χ4v) is 1.67. The predicted octanol–water partition coefficient (Wildman–Crippen LogP) is 1.31. The Hall–Kier alpha value is -1.34. The molecule has 0 fully saturated rings. The van der Waals surface area contributed by atoms with Gasteiger partial charge in [0.05, 0.1) is 11.7 Å². The average Bonchev–Trinajstić information content (AvgIpc) is 2.84. The third-order valence-corrected chi connectivity index (χ3v) is 2.87. The first kappa shape index (κ1) is 10.2. The van der Waals surface area contributed by atoms with Crippen LogP contribution in [0.2, 0.25) is 0 Å². The summed E-state index contributed by atoms with van der Waals surface area (Å²) < 4.78 is 8.91. The molecule has 0 spiro atoms. The van der Waals surface area contributed by atoms with Gasteiger partial charge in [-0.1, -0.05) is 16.6 Å². The standard InChI is InChI=1S/C8H11N5OS/c1-3-5(9)7-10-8(14-12-7)6-4(2)11-13-15-6/h5H,3,9H2,1-2H3. The van der Waals surface area contributed by atoms with Crippen LogP contribution in [0.5, 0.6) is 0 Å². The number of aryl methyl sites for hydroxylation is 1. The van der Waals surface area contributed by atoms with E-state index in [0.29, 0.717) is 11.7 Å². The van der Waals surface area contributed by atoms with E-state index in [0.717, 1.165) is 17.0 Å². The topological polar surface area (TPSA) is 90.7 Å². The van der Waals surface area contributed by atoms with Crippen molar-refractivity contribution in [1.82, 2.24) is 19.7 Å². The van der Waals surface area contributed by atoms with Crippen molar-refractivity contribution in [2.45, 2.75) is 26.3 Å². The lowest BCUT2D eigenvalue weighted by Gasteiger charge is -1.99. The molecule has 0 saturated carbocycles. The molecule has 0 saturated heterocycles. The van der Waals surface area contributed by atoms with Gasteiger partial charge in [0.1, 0.15) is 4.88 Å². The molecule has 2 heterocycles. The van der Waals surface area contributed by atoms with Gasteiger partial charge >= 0.3 is 0 Å². The SMILES string of the molecule is CCC(N)c1noc(-c2snnc2C)n1. The lowest BCUT2D eigenvalue weighted by molar-refractivity contribution is 0.415. The molecule has 7 heteroatoms. The van der Waals surface area contributed by atoms with Gasteiger partial charge in [0.15, 0.2) is 5.82 Å². The summed E-state index contributed by atoms with van der Waals surface area (Å²) in [6, 6.07) is -0.177. The molecular formula is C8H11N5OS. The fraction of sp³-hybridized carbons (Fsp3) is 0.500. The van der Waals surface area contributed by atoms with Crippen molar-refractivity contribution in [1.29, 1.82) is 0 Å². The molecule has 15 heavy (non-hydrogen) atoms. The van der Waals surface area contributed by atoms with Crippen molar-refractivity contribution in [2.24, 2.45) is 5.73 Å². The first-order valence-electron chi connectivity index (χ1n) is 4.61. The van der Waals surface area contributed by atoms with Crippen LogP contribution >= 0.6 is 11.5 Å². The smallest absolute Gasteiger partial charge is 0.271 e. The zero-order valence-electron chi connectivity index (χ0n) is 8.47. The van der Waals surface area contributed by atoms with Gasteiger partial charge in [-0.05, 0) is 24.9 Å². The highest BCUT2D eigenvalue weighted by molar-refractivity contribution is 7.09. The predicted molar refractivity (Wildman–Crippen MR) is 55.2 cm³/mol.